The minimum atomic E-state index is -0.0313. The highest BCUT2D eigenvalue weighted by Crippen LogP contribution is 2.29. The molecule has 1 aliphatic heterocycles. The van der Waals surface area contributed by atoms with Gasteiger partial charge in [-0.05, 0) is 18.2 Å². The Morgan fingerprint density at radius 3 is 2.79 bits per heavy atom. The molecule has 0 saturated heterocycles. The van der Waals surface area contributed by atoms with Crippen molar-refractivity contribution in [3.63, 3.8) is 0 Å². The number of ether oxygens (including phenoxy) is 2. The van der Waals surface area contributed by atoms with Crippen LogP contribution in [0, 0.1) is 0 Å². The standard InChI is InChI=1S/C12H12O2/c1-13-11-7-3-2-6-10(11)12-8-4-5-9-14-12/h2-9,12H,1H3. The topological polar surface area (TPSA) is 18.5 Å². The molecule has 14 heavy (non-hydrogen) atoms. The quantitative estimate of drug-likeness (QED) is 0.710. The zero-order chi connectivity index (χ0) is 9.80. The second-order valence-electron chi connectivity index (χ2n) is 3.01. The summed E-state index contributed by atoms with van der Waals surface area (Å²) in [7, 11) is 1.67. The molecule has 2 heteroatoms. The fraction of sp³-hybridized carbons (Fsp3) is 0.167. The minimum Gasteiger partial charge on any atom is -0.496 e. The summed E-state index contributed by atoms with van der Waals surface area (Å²) in [4.78, 5) is 0. The summed E-state index contributed by atoms with van der Waals surface area (Å²) >= 11 is 0. The molecule has 0 fully saturated rings. The summed E-state index contributed by atoms with van der Waals surface area (Å²) in [6, 6.07) is 7.87. The molecule has 0 radical (unpaired) electrons. The van der Waals surface area contributed by atoms with Crippen LogP contribution in [-0.2, 0) is 4.74 Å². The van der Waals surface area contributed by atoms with Crippen LogP contribution in [0.1, 0.15) is 11.7 Å². The van der Waals surface area contributed by atoms with Crippen molar-refractivity contribution in [2.45, 2.75) is 6.10 Å². The number of para-hydroxylation sites is 1. The lowest BCUT2D eigenvalue weighted by atomic mass is 10.1. The van der Waals surface area contributed by atoms with Gasteiger partial charge in [-0.1, -0.05) is 24.3 Å². The Bertz CT molecular complexity index is 366. The number of hydrogen-bond acceptors (Lipinski definition) is 2. The molecule has 0 aliphatic carbocycles. The molecule has 0 bridgehead atoms. The van der Waals surface area contributed by atoms with E-state index in [1.807, 2.05) is 42.5 Å². The van der Waals surface area contributed by atoms with Gasteiger partial charge < -0.3 is 9.47 Å². The number of allylic oxidation sites excluding steroid dienone is 2. The Morgan fingerprint density at radius 1 is 1.21 bits per heavy atom. The number of rotatable bonds is 2. The molecule has 1 aliphatic rings. The highest BCUT2D eigenvalue weighted by atomic mass is 16.5. The van der Waals surface area contributed by atoms with E-state index >= 15 is 0 Å². The highest BCUT2D eigenvalue weighted by molar-refractivity contribution is 5.38. The molecule has 0 amide bonds. The van der Waals surface area contributed by atoms with Gasteiger partial charge >= 0.3 is 0 Å². The van der Waals surface area contributed by atoms with E-state index in [1.165, 1.54) is 0 Å². The Hall–Kier alpha value is -1.70. The lowest BCUT2D eigenvalue weighted by molar-refractivity contribution is 0.182. The van der Waals surface area contributed by atoms with E-state index in [9.17, 15) is 0 Å². The van der Waals surface area contributed by atoms with Gasteiger partial charge in [0.25, 0.3) is 0 Å². The summed E-state index contributed by atoms with van der Waals surface area (Å²) < 4.78 is 10.7. The molecule has 0 spiro atoms. The van der Waals surface area contributed by atoms with Gasteiger partial charge in [-0.25, -0.2) is 0 Å². The van der Waals surface area contributed by atoms with Crippen molar-refractivity contribution >= 4 is 0 Å². The Morgan fingerprint density at radius 2 is 2.07 bits per heavy atom. The largest absolute Gasteiger partial charge is 0.496 e. The Labute approximate surface area is 83.5 Å². The maximum absolute atomic E-state index is 5.46. The zero-order valence-electron chi connectivity index (χ0n) is 8.01. The summed E-state index contributed by atoms with van der Waals surface area (Å²) in [6.45, 7) is 0. The highest BCUT2D eigenvalue weighted by Gasteiger charge is 2.13. The summed E-state index contributed by atoms with van der Waals surface area (Å²) in [6.07, 6.45) is 7.50. The van der Waals surface area contributed by atoms with Crippen LogP contribution >= 0.6 is 0 Å². The zero-order valence-corrected chi connectivity index (χ0v) is 8.01. The summed E-state index contributed by atoms with van der Waals surface area (Å²) in [5.41, 5.74) is 1.05. The first-order valence-corrected chi connectivity index (χ1v) is 4.53. The fourth-order valence-electron chi connectivity index (χ4n) is 1.46. The molecule has 1 unspecified atom stereocenters. The van der Waals surface area contributed by atoms with Gasteiger partial charge in [0.05, 0.1) is 13.4 Å². The fourth-order valence-corrected chi connectivity index (χ4v) is 1.46. The lowest BCUT2D eigenvalue weighted by Gasteiger charge is -2.17. The second-order valence-corrected chi connectivity index (χ2v) is 3.01. The van der Waals surface area contributed by atoms with Crippen molar-refractivity contribution in [3.8, 4) is 5.75 Å². The van der Waals surface area contributed by atoms with Crippen LogP contribution < -0.4 is 4.74 Å². The Kier molecular flexibility index (Phi) is 2.54. The average Bonchev–Trinajstić information content (AvgIpc) is 2.30. The van der Waals surface area contributed by atoms with E-state index in [1.54, 1.807) is 13.4 Å². The van der Waals surface area contributed by atoms with Gasteiger partial charge in [0.2, 0.25) is 0 Å². The van der Waals surface area contributed by atoms with Gasteiger partial charge in [-0.3, -0.25) is 0 Å². The third kappa shape index (κ3) is 1.64. The van der Waals surface area contributed by atoms with Gasteiger partial charge in [-0.15, -0.1) is 0 Å². The molecule has 72 valence electrons. The van der Waals surface area contributed by atoms with Crippen molar-refractivity contribution in [1.82, 2.24) is 0 Å². The molecular formula is C12H12O2. The first kappa shape index (κ1) is 8.88. The van der Waals surface area contributed by atoms with Crippen LogP contribution in [0.25, 0.3) is 0 Å². The van der Waals surface area contributed by atoms with Crippen molar-refractivity contribution in [2.24, 2.45) is 0 Å². The number of hydrogen-bond donors (Lipinski definition) is 0. The van der Waals surface area contributed by atoms with Gasteiger partial charge in [0, 0.05) is 5.56 Å². The monoisotopic (exact) mass is 188 g/mol. The van der Waals surface area contributed by atoms with E-state index in [-0.39, 0.29) is 6.10 Å². The summed E-state index contributed by atoms with van der Waals surface area (Å²) in [5.74, 6) is 0.859. The number of methoxy groups -OCH3 is 1. The normalized spacial score (nSPS) is 19.1. The maximum atomic E-state index is 5.46. The molecule has 1 aromatic carbocycles. The minimum absolute atomic E-state index is 0.0313. The predicted molar refractivity (Wildman–Crippen MR) is 55.1 cm³/mol. The van der Waals surface area contributed by atoms with Crippen molar-refractivity contribution < 1.29 is 9.47 Å². The van der Waals surface area contributed by atoms with E-state index < -0.39 is 0 Å². The van der Waals surface area contributed by atoms with Crippen LogP contribution in [0.4, 0.5) is 0 Å². The van der Waals surface area contributed by atoms with Crippen molar-refractivity contribution in [2.75, 3.05) is 7.11 Å². The lowest BCUT2D eigenvalue weighted by Crippen LogP contribution is -2.01. The van der Waals surface area contributed by atoms with E-state index in [2.05, 4.69) is 0 Å². The summed E-state index contributed by atoms with van der Waals surface area (Å²) in [5, 5.41) is 0. The van der Waals surface area contributed by atoms with E-state index in [4.69, 9.17) is 9.47 Å². The molecular weight excluding hydrogens is 176 g/mol. The molecule has 1 heterocycles. The second kappa shape index (κ2) is 4.01. The van der Waals surface area contributed by atoms with Crippen LogP contribution in [0.15, 0.2) is 48.8 Å². The van der Waals surface area contributed by atoms with Crippen molar-refractivity contribution in [3.05, 3.63) is 54.3 Å². The third-order valence-electron chi connectivity index (χ3n) is 2.15. The molecule has 0 aromatic heterocycles. The third-order valence-corrected chi connectivity index (χ3v) is 2.15. The molecule has 1 aromatic rings. The van der Waals surface area contributed by atoms with Gasteiger partial charge in [0.1, 0.15) is 11.9 Å². The Balaban J connectivity index is 2.31. The van der Waals surface area contributed by atoms with Gasteiger partial charge in [-0.2, -0.15) is 0 Å². The molecule has 0 saturated carbocycles. The SMILES string of the molecule is COc1ccccc1C1C=CC=CO1. The number of benzene rings is 1. The first-order valence-electron chi connectivity index (χ1n) is 4.53. The van der Waals surface area contributed by atoms with Crippen LogP contribution in [0.3, 0.4) is 0 Å². The molecule has 1 atom stereocenters. The molecule has 2 nitrogen and oxygen atoms in total. The van der Waals surface area contributed by atoms with Gasteiger partial charge in [0.15, 0.2) is 0 Å². The molecule has 2 rings (SSSR count). The smallest absolute Gasteiger partial charge is 0.145 e. The van der Waals surface area contributed by atoms with Crippen LogP contribution in [0.5, 0.6) is 5.75 Å². The predicted octanol–water partition coefficient (Wildman–Crippen LogP) is 2.84. The van der Waals surface area contributed by atoms with Crippen LogP contribution in [-0.4, -0.2) is 7.11 Å². The van der Waals surface area contributed by atoms with E-state index in [0.717, 1.165) is 11.3 Å². The first-order chi connectivity index (χ1) is 6.92. The van der Waals surface area contributed by atoms with Crippen molar-refractivity contribution in [1.29, 1.82) is 0 Å². The average molecular weight is 188 g/mol. The maximum Gasteiger partial charge on any atom is 0.145 e. The molecule has 0 N–H and O–H groups in total. The van der Waals surface area contributed by atoms with Crippen LogP contribution in [0.2, 0.25) is 0 Å². The van der Waals surface area contributed by atoms with E-state index in [0.29, 0.717) is 0 Å².